The van der Waals surface area contributed by atoms with Gasteiger partial charge in [-0.15, -0.1) is 11.3 Å². The van der Waals surface area contributed by atoms with E-state index in [1.807, 2.05) is 42.6 Å². The largest absolute Gasteiger partial charge is 0.468 e. The fourth-order valence-corrected chi connectivity index (χ4v) is 4.89. The summed E-state index contributed by atoms with van der Waals surface area (Å²) in [5, 5.41) is 4.67. The minimum absolute atomic E-state index is 0.0427. The van der Waals surface area contributed by atoms with Crippen molar-refractivity contribution in [3.63, 3.8) is 0 Å². The molecule has 2 aromatic carbocycles. The van der Waals surface area contributed by atoms with E-state index in [0.29, 0.717) is 16.3 Å². The Balaban J connectivity index is 1.51. The first-order valence-electron chi connectivity index (χ1n) is 9.50. The Kier molecular flexibility index (Phi) is 6.03. The summed E-state index contributed by atoms with van der Waals surface area (Å²) >= 11 is 1.34. The monoisotopic (exact) mass is 452 g/mol. The summed E-state index contributed by atoms with van der Waals surface area (Å²) in [6.45, 7) is 2.05. The molecule has 0 saturated heterocycles. The van der Waals surface area contributed by atoms with Crippen molar-refractivity contribution in [2.45, 2.75) is 18.4 Å². The van der Waals surface area contributed by atoms with Crippen LogP contribution in [0.3, 0.4) is 0 Å². The lowest BCUT2D eigenvalue weighted by atomic mass is 10.0. The lowest BCUT2D eigenvalue weighted by Gasteiger charge is -2.10. The van der Waals surface area contributed by atoms with Crippen molar-refractivity contribution >= 4 is 33.0 Å². The van der Waals surface area contributed by atoms with E-state index in [2.05, 4.69) is 10.0 Å². The van der Waals surface area contributed by atoms with Gasteiger partial charge < -0.3 is 9.73 Å². The van der Waals surface area contributed by atoms with Crippen molar-refractivity contribution in [3.8, 4) is 11.1 Å². The number of anilines is 1. The van der Waals surface area contributed by atoms with Gasteiger partial charge in [0.05, 0.1) is 22.6 Å². The van der Waals surface area contributed by atoms with E-state index >= 15 is 0 Å². The summed E-state index contributed by atoms with van der Waals surface area (Å²) in [7, 11) is -3.76. The molecule has 158 valence electrons. The molecule has 31 heavy (non-hydrogen) atoms. The van der Waals surface area contributed by atoms with E-state index in [1.165, 1.54) is 29.7 Å². The van der Waals surface area contributed by atoms with Gasteiger partial charge >= 0.3 is 0 Å². The van der Waals surface area contributed by atoms with Gasteiger partial charge in [-0.2, -0.15) is 0 Å². The number of benzene rings is 2. The first-order chi connectivity index (χ1) is 14.9. The number of rotatable bonds is 7. The molecule has 1 amide bonds. The maximum Gasteiger partial charge on any atom is 0.266 e. The molecule has 4 rings (SSSR count). The van der Waals surface area contributed by atoms with Crippen LogP contribution in [0.2, 0.25) is 0 Å². The maximum absolute atomic E-state index is 12.9. The third-order valence-electron chi connectivity index (χ3n) is 4.65. The van der Waals surface area contributed by atoms with Crippen LogP contribution in [0.5, 0.6) is 0 Å². The maximum atomic E-state index is 12.9. The lowest BCUT2D eigenvalue weighted by molar-refractivity contribution is 0.103. The summed E-state index contributed by atoms with van der Waals surface area (Å²) in [5.41, 5.74) is 3.33. The van der Waals surface area contributed by atoms with Crippen LogP contribution in [0.15, 0.2) is 87.7 Å². The van der Waals surface area contributed by atoms with Gasteiger partial charge in [-0.1, -0.05) is 35.9 Å². The highest BCUT2D eigenvalue weighted by Gasteiger charge is 2.18. The molecule has 2 aromatic heterocycles. The number of hydrogen-bond acceptors (Lipinski definition) is 5. The van der Waals surface area contributed by atoms with Gasteiger partial charge in [0.25, 0.3) is 5.91 Å². The summed E-state index contributed by atoms with van der Waals surface area (Å²) in [5.74, 6) is 0.220. The Morgan fingerprint density at radius 3 is 2.58 bits per heavy atom. The molecular weight excluding hydrogens is 432 g/mol. The van der Waals surface area contributed by atoms with Gasteiger partial charge in [-0.05, 0) is 54.3 Å². The van der Waals surface area contributed by atoms with E-state index in [0.717, 1.165) is 16.7 Å². The zero-order chi connectivity index (χ0) is 21.8. The standard InChI is InChI=1S/C23H20N2O4S2/c1-16-7-9-17(10-8-16)21-11-13-30-22(21)23(26)25-18-4-2-6-20(14-18)31(27,28)24-15-19-5-3-12-29-19/h2-14,24H,15H2,1H3,(H,25,26). The molecule has 0 aliphatic heterocycles. The summed E-state index contributed by atoms with van der Waals surface area (Å²) in [6.07, 6.45) is 1.48. The number of nitrogens with one attached hydrogen (secondary N) is 2. The van der Waals surface area contributed by atoms with Gasteiger partial charge in [-0.25, -0.2) is 13.1 Å². The minimum Gasteiger partial charge on any atom is -0.468 e. The summed E-state index contributed by atoms with van der Waals surface area (Å²) in [4.78, 5) is 13.5. The highest BCUT2D eigenvalue weighted by molar-refractivity contribution is 7.89. The molecule has 2 heterocycles. The van der Waals surface area contributed by atoms with Gasteiger partial charge in [0, 0.05) is 11.3 Å². The van der Waals surface area contributed by atoms with Crippen LogP contribution < -0.4 is 10.0 Å². The topological polar surface area (TPSA) is 88.4 Å². The molecule has 0 saturated carbocycles. The molecule has 0 spiro atoms. The highest BCUT2D eigenvalue weighted by Crippen LogP contribution is 2.29. The Morgan fingerprint density at radius 1 is 1.03 bits per heavy atom. The minimum atomic E-state index is -3.76. The molecule has 4 aromatic rings. The van der Waals surface area contributed by atoms with Crippen LogP contribution in [0, 0.1) is 6.92 Å². The molecule has 0 aliphatic rings. The number of carbonyl (C=O) groups is 1. The number of amides is 1. The normalized spacial score (nSPS) is 11.4. The third kappa shape index (κ3) is 4.93. The molecule has 0 aliphatic carbocycles. The number of sulfonamides is 1. The Labute approximate surface area is 184 Å². The van der Waals surface area contributed by atoms with E-state index in [9.17, 15) is 13.2 Å². The molecule has 0 unspecified atom stereocenters. The highest BCUT2D eigenvalue weighted by atomic mass is 32.2. The number of hydrogen-bond donors (Lipinski definition) is 2. The van der Waals surface area contributed by atoms with Crippen LogP contribution >= 0.6 is 11.3 Å². The Hall–Kier alpha value is -3.20. The predicted molar refractivity (Wildman–Crippen MR) is 122 cm³/mol. The van der Waals surface area contributed by atoms with E-state index in [-0.39, 0.29) is 17.3 Å². The number of furan rings is 1. The average Bonchev–Trinajstić information content (AvgIpc) is 3.45. The van der Waals surface area contributed by atoms with E-state index in [1.54, 1.807) is 24.3 Å². The predicted octanol–water partition coefficient (Wildman–Crippen LogP) is 5.05. The fourth-order valence-electron chi connectivity index (χ4n) is 3.04. The molecule has 0 atom stereocenters. The van der Waals surface area contributed by atoms with E-state index < -0.39 is 10.0 Å². The van der Waals surface area contributed by atoms with Gasteiger partial charge in [0.15, 0.2) is 0 Å². The molecule has 8 heteroatoms. The number of thiophene rings is 1. The Bertz CT molecular complexity index is 1290. The van der Waals surface area contributed by atoms with Crippen LogP contribution in [0.4, 0.5) is 5.69 Å². The second-order valence-electron chi connectivity index (χ2n) is 6.92. The van der Waals surface area contributed by atoms with Gasteiger partial charge in [0.1, 0.15) is 5.76 Å². The summed E-state index contributed by atoms with van der Waals surface area (Å²) < 4.78 is 32.8. The van der Waals surface area contributed by atoms with Crippen LogP contribution in [0.1, 0.15) is 21.0 Å². The van der Waals surface area contributed by atoms with Crippen molar-refractivity contribution < 1.29 is 17.6 Å². The zero-order valence-corrected chi connectivity index (χ0v) is 18.3. The Morgan fingerprint density at radius 2 is 1.84 bits per heavy atom. The third-order valence-corrected chi connectivity index (χ3v) is 6.96. The molecule has 0 fully saturated rings. The smallest absolute Gasteiger partial charge is 0.266 e. The molecular formula is C23H20N2O4S2. The first-order valence-corrected chi connectivity index (χ1v) is 11.9. The van der Waals surface area contributed by atoms with Crippen molar-refractivity contribution in [1.29, 1.82) is 0 Å². The zero-order valence-electron chi connectivity index (χ0n) is 16.7. The van der Waals surface area contributed by atoms with Crippen molar-refractivity contribution in [2.24, 2.45) is 0 Å². The van der Waals surface area contributed by atoms with Crippen molar-refractivity contribution in [1.82, 2.24) is 4.72 Å². The van der Waals surface area contributed by atoms with Crippen molar-refractivity contribution in [3.05, 3.63) is 94.6 Å². The second kappa shape index (κ2) is 8.89. The van der Waals surface area contributed by atoms with Crippen LogP contribution in [-0.2, 0) is 16.6 Å². The van der Waals surface area contributed by atoms with Crippen LogP contribution in [0.25, 0.3) is 11.1 Å². The van der Waals surface area contributed by atoms with Gasteiger partial charge in [0.2, 0.25) is 10.0 Å². The van der Waals surface area contributed by atoms with E-state index in [4.69, 9.17) is 4.42 Å². The fraction of sp³-hybridized carbons (Fsp3) is 0.0870. The summed E-state index contributed by atoms with van der Waals surface area (Å²) in [6, 6.07) is 19.4. The molecule has 0 radical (unpaired) electrons. The van der Waals surface area contributed by atoms with Gasteiger partial charge in [-0.3, -0.25) is 4.79 Å². The second-order valence-corrected chi connectivity index (χ2v) is 9.60. The first kappa shape index (κ1) is 21.0. The van der Waals surface area contributed by atoms with Crippen molar-refractivity contribution in [2.75, 3.05) is 5.32 Å². The number of carbonyl (C=O) groups excluding carboxylic acids is 1. The SMILES string of the molecule is Cc1ccc(-c2ccsc2C(=O)Nc2cccc(S(=O)(=O)NCc3ccco3)c2)cc1. The molecule has 0 bridgehead atoms. The average molecular weight is 453 g/mol. The molecule has 2 N–H and O–H groups in total. The van der Waals surface area contributed by atoms with Crippen LogP contribution in [-0.4, -0.2) is 14.3 Å². The lowest BCUT2D eigenvalue weighted by Crippen LogP contribution is -2.23. The quantitative estimate of drug-likeness (QED) is 0.411. The number of aryl methyl sites for hydroxylation is 1. The molecule has 6 nitrogen and oxygen atoms in total.